The van der Waals surface area contributed by atoms with Crippen molar-refractivity contribution in [1.82, 2.24) is 4.98 Å². The lowest BCUT2D eigenvalue weighted by Crippen LogP contribution is -2.14. The van der Waals surface area contributed by atoms with E-state index in [2.05, 4.69) is 15.0 Å². The monoisotopic (exact) mass is 399 g/mol. The van der Waals surface area contributed by atoms with Crippen LogP contribution in [0.2, 0.25) is 0 Å². The third-order valence-corrected chi connectivity index (χ3v) is 5.50. The summed E-state index contributed by atoms with van der Waals surface area (Å²) in [6.07, 6.45) is 1.45. The minimum Gasteiger partial charge on any atom is -0.497 e. The molecule has 0 atom stereocenters. The molecule has 8 heteroatoms. The second kappa shape index (κ2) is 8.18. The highest BCUT2D eigenvalue weighted by atomic mass is 32.2. The molecule has 28 heavy (non-hydrogen) atoms. The van der Waals surface area contributed by atoms with Crippen LogP contribution in [0.4, 0.5) is 17.2 Å². The van der Waals surface area contributed by atoms with Crippen LogP contribution in [0.15, 0.2) is 65.7 Å². The highest BCUT2D eigenvalue weighted by Crippen LogP contribution is 2.30. The first-order chi connectivity index (χ1) is 13.4. The van der Waals surface area contributed by atoms with Gasteiger partial charge in [-0.2, -0.15) is 0 Å². The summed E-state index contributed by atoms with van der Waals surface area (Å²) in [4.78, 5) is 4.29. The van der Waals surface area contributed by atoms with Crippen LogP contribution in [0.25, 0.3) is 0 Å². The van der Waals surface area contributed by atoms with E-state index < -0.39 is 10.0 Å². The Morgan fingerprint density at radius 1 is 0.964 bits per heavy atom. The smallest absolute Gasteiger partial charge is 0.265 e. The number of ether oxygens (including phenoxy) is 2. The highest BCUT2D eigenvalue weighted by Gasteiger charge is 2.20. The number of methoxy groups -OCH3 is 2. The molecule has 0 saturated heterocycles. The molecule has 0 aliphatic carbocycles. The molecule has 0 aliphatic rings. The SMILES string of the molecule is COc1ccc(S(=O)(=O)Nc2ccc(Nc3ccccc3C)nc2)c(OC)c1. The summed E-state index contributed by atoms with van der Waals surface area (Å²) in [5.74, 6) is 1.31. The molecule has 3 aromatic rings. The largest absolute Gasteiger partial charge is 0.497 e. The molecule has 0 fully saturated rings. The van der Waals surface area contributed by atoms with Gasteiger partial charge >= 0.3 is 0 Å². The molecule has 1 heterocycles. The molecule has 0 amide bonds. The Hall–Kier alpha value is -3.26. The Balaban J connectivity index is 1.79. The second-order valence-corrected chi connectivity index (χ2v) is 7.65. The first-order valence-corrected chi connectivity index (χ1v) is 9.95. The minimum atomic E-state index is -3.85. The maximum absolute atomic E-state index is 12.7. The minimum absolute atomic E-state index is 0.0120. The summed E-state index contributed by atoms with van der Waals surface area (Å²) in [5, 5.41) is 3.20. The van der Waals surface area contributed by atoms with Crippen LogP contribution in [0.5, 0.6) is 11.5 Å². The van der Waals surface area contributed by atoms with Gasteiger partial charge in [-0.3, -0.25) is 4.72 Å². The van der Waals surface area contributed by atoms with E-state index in [9.17, 15) is 8.42 Å². The van der Waals surface area contributed by atoms with Crippen molar-refractivity contribution >= 4 is 27.2 Å². The summed E-state index contributed by atoms with van der Waals surface area (Å²) in [5.41, 5.74) is 2.36. The third kappa shape index (κ3) is 4.34. The maximum atomic E-state index is 12.7. The number of aryl methyl sites for hydroxylation is 1. The van der Waals surface area contributed by atoms with Gasteiger partial charge in [0.15, 0.2) is 0 Å². The van der Waals surface area contributed by atoms with Gasteiger partial charge in [-0.25, -0.2) is 13.4 Å². The zero-order valence-corrected chi connectivity index (χ0v) is 16.6. The fourth-order valence-electron chi connectivity index (χ4n) is 2.59. The van der Waals surface area contributed by atoms with Crippen molar-refractivity contribution in [2.75, 3.05) is 24.3 Å². The summed E-state index contributed by atoms with van der Waals surface area (Å²) in [7, 11) is -0.947. The van der Waals surface area contributed by atoms with Crippen LogP contribution >= 0.6 is 0 Å². The molecular formula is C20H21N3O4S. The predicted molar refractivity (Wildman–Crippen MR) is 109 cm³/mol. The lowest BCUT2D eigenvalue weighted by molar-refractivity contribution is 0.386. The van der Waals surface area contributed by atoms with Crippen molar-refractivity contribution in [3.05, 3.63) is 66.4 Å². The summed E-state index contributed by atoms with van der Waals surface area (Å²) in [6, 6.07) is 15.7. The van der Waals surface area contributed by atoms with Crippen LogP contribution in [0.3, 0.4) is 0 Å². The summed E-state index contributed by atoms with van der Waals surface area (Å²) >= 11 is 0. The molecule has 2 aromatic carbocycles. The number of sulfonamides is 1. The molecular weight excluding hydrogens is 378 g/mol. The van der Waals surface area contributed by atoms with Crippen molar-refractivity contribution in [1.29, 1.82) is 0 Å². The molecule has 0 spiro atoms. The van der Waals surface area contributed by atoms with Gasteiger partial charge in [0.2, 0.25) is 0 Å². The third-order valence-electron chi connectivity index (χ3n) is 4.08. The van der Waals surface area contributed by atoms with Gasteiger partial charge in [0.25, 0.3) is 10.0 Å². The van der Waals surface area contributed by atoms with Gasteiger partial charge in [-0.05, 0) is 42.8 Å². The molecule has 0 aliphatic heterocycles. The fourth-order valence-corrected chi connectivity index (χ4v) is 3.78. The lowest BCUT2D eigenvalue weighted by atomic mass is 10.2. The van der Waals surface area contributed by atoms with E-state index in [0.29, 0.717) is 17.3 Å². The number of para-hydroxylation sites is 1. The average Bonchev–Trinajstić information content (AvgIpc) is 2.70. The van der Waals surface area contributed by atoms with Gasteiger partial charge in [0.1, 0.15) is 22.2 Å². The van der Waals surface area contributed by atoms with Crippen LogP contribution < -0.4 is 19.5 Å². The van der Waals surface area contributed by atoms with Crippen LogP contribution in [0.1, 0.15) is 5.56 Å². The highest BCUT2D eigenvalue weighted by molar-refractivity contribution is 7.92. The Kier molecular flexibility index (Phi) is 5.70. The van der Waals surface area contributed by atoms with Gasteiger partial charge in [0, 0.05) is 11.8 Å². The van der Waals surface area contributed by atoms with Crippen molar-refractivity contribution in [3.63, 3.8) is 0 Å². The number of pyridine rings is 1. The van der Waals surface area contributed by atoms with E-state index in [0.717, 1.165) is 11.3 Å². The van der Waals surface area contributed by atoms with E-state index in [1.165, 1.54) is 32.5 Å². The van der Waals surface area contributed by atoms with Crippen molar-refractivity contribution in [3.8, 4) is 11.5 Å². The van der Waals surface area contributed by atoms with E-state index in [4.69, 9.17) is 9.47 Å². The van der Waals surface area contributed by atoms with Crippen LogP contribution in [-0.2, 0) is 10.0 Å². The number of nitrogens with zero attached hydrogens (tertiary/aromatic N) is 1. The molecule has 3 rings (SSSR count). The van der Waals surface area contributed by atoms with E-state index in [1.807, 2.05) is 31.2 Å². The zero-order valence-electron chi connectivity index (χ0n) is 15.8. The molecule has 2 N–H and O–H groups in total. The zero-order chi connectivity index (χ0) is 20.1. The second-order valence-electron chi connectivity index (χ2n) is 5.99. The Bertz CT molecular complexity index is 1070. The maximum Gasteiger partial charge on any atom is 0.265 e. The van der Waals surface area contributed by atoms with Gasteiger partial charge in [-0.15, -0.1) is 0 Å². The number of rotatable bonds is 7. The molecule has 0 bridgehead atoms. The van der Waals surface area contributed by atoms with E-state index >= 15 is 0 Å². The molecule has 0 radical (unpaired) electrons. The molecule has 7 nitrogen and oxygen atoms in total. The lowest BCUT2D eigenvalue weighted by Gasteiger charge is -2.13. The summed E-state index contributed by atoms with van der Waals surface area (Å²) < 4.78 is 38.2. The topological polar surface area (TPSA) is 89.6 Å². The van der Waals surface area contributed by atoms with Gasteiger partial charge in [0.05, 0.1) is 26.1 Å². The Labute approximate surface area is 164 Å². The van der Waals surface area contributed by atoms with Gasteiger partial charge < -0.3 is 14.8 Å². The standard InChI is InChI=1S/C20H21N3O4S/c1-14-6-4-5-7-17(14)22-20-11-8-15(13-21-20)23-28(24,25)19-10-9-16(26-2)12-18(19)27-3/h4-13,23H,1-3H3,(H,21,22). The number of hydrogen-bond acceptors (Lipinski definition) is 6. The predicted octanol–water partition coefficient (Wildman–Crippen LogP) is 3.95. The fraction of sp³-hybridized carbons (Fsp3) is 0.150. The van der Waals surface area contributed by atoms with Crippen molar-refractivity contribution in [2.45, 2.75) is 11.8 Å². The molecule has 0 unspecified atom stereocenters. The van der Waals surface area contributed by atoms with Crippen molar-refractivity contribution < 1.29 is 17.9 Å². The average molecular weight is 399 g/mol. The van der Waals surface area contributed by atoms with Crippen molar-refractivity contribution in [2.24, 2.45) is 0 Å². The quantitative estimate of drug-likeness (QED) is 0.625. The number of nitrogens with one attached hydrogen (secondary N) is 2. The number of benzene rings is 2. The Morgan fingerprint density at radius 2 is 1.75 bits per heavy atom. The number of aromatic nitrogens is 1. The van der Waals surface area contributed by atoms with Crippen LogP contribution in [-0.4, -0.2) is 27.6 Å². The molecule has 146 valence electrons. The Morgan fingerprint density at radius 3 is 2.39 bits per heavy atom. The first kappa shape index (κ1) is 19.5. The first-order valence-electron chi connectivity index (χ1n) is 8.46. The molecule has 0 saturated carbocycles. The van der Waals surface area contributed by atoms with E-state index in [-0.39, 0.29) is 10.6 Å². The van der Waals surface area contributed by atoms with E-state index in [1.54, 1.807) is 18.2 Å². The normalized spacial score (nSPS) is 11.0. The molecule has 1 aromatic heterocycles. The van der Waals surface area contributed by atoms with Crippen LogP contribution in [0, 0.1) is 6.92 Å². The number of anilines is 3. The summed E-state index contributed by atoms with van der Waals surface area (Å²) in [6.45, 7) is 1.99. The number of hydrogen-bond donors (Lipinski definition) is 2. The van der Waals surface area contributed by atoms with Gasteiger partial charge in [-0.1, -0.05) is 18.2 Å².